The first-order valence-electron chi connectivity index (χ1n) is 11.3. The van der Waals surface area contributed by atoms with Crippen molar-refractivity contribution in [2.24, 2.45) is 11.8 Å². The van der Waals surface area contributed by atoms with E-state index in [0.717, 1.165) is 30.9 Å². The van der Waals surface area contributed by atoms with Gasteiger partial charge in [-0.1, -0.05) is 77.2 Å². The zero-order valence-electron chi connectivity index (χ0n) is 19.0. The van der Waals surface area contributed by atoms with E-state index in [1.807, 2.05) is 26.8 Å². The molecule has 1 saturated carbocycles. The molecule has 1 N–H and O–H groups in total. The molecule has 0 aromatic heterocycles. The van der Waals surface area contributed by atoms with Gasteiger partial charge in [0.1, 0.15) is 0 Å². The van der Waals surface area contributed by atoms with Crippen LogP contribution in [0.4, 0.5) is 0 Å². The van der Waals surface area contributed by atoms with E-state index >= 15 is 0 Å². The zero-order chi connectivity index (χ0) is 21.2. The number of carbonyl (C=O) groups excluding carboxylic acids is 1. The fourth-order valence-electron chi connectivity index (χ4n) is 4.18. The van der Waals surface area contributed by atoms with Crippen LogP contribution in [0.1, 0.15) is 84.1 Å². The van der Waals surface area contributed by atoms with Crippen molar-refractivity contribution in [3.05, 3.63) is 53.4 Å². The van der Waals surface area contributed by atoms with Gasteiger partial charge in [0.2, 0.25) is 0 Å². The number of Topliss-reactive ketones (excluding diaryl/α,β-unsaturated/α-hetero) is 1. The third-order valence-electron chi connectivity index (χ3n) is 5.95. The molecule has 0 spiro atoms. The summed E-state index contributed by atoms with van der Waals surface area (Å²) in [7, 11) is 0. The Hall–Kier alpha value is -1.48. The fraction of sp³-hybridized carbons (Fsp3) is 0.577. The summed E-state index contributed by atoms with van der Waals surface area (Å²) in [5.41, 5.74) is 3.30. The normalized spacial score (nSPS) is 17.0. The van der Waals surface area contributed by atoms with Gasteiger partial charge in [-0.25, -0.2) is 0 Å². The summed E-state index contributed by atoms with van der Waals surface area (Å²) in [6, 6.07) is 9.03. The number of allylic oxidation sites excluding steroid dienone is 4. The van der Waals surface area contributed by atoms with Crippen molar-refractivity contribution in [2.75, 3.05) is 6.26 Å². The Morgan fingerprint density at radius 2 is 1.86 bits per heavy atom. The lowest BCUT2D eigenvalue weighted by Gasteiger charge is -2.27. The molecule has 0 aliphatic heterocycles. The Bertz CT molecular complexity index is 696. The van der Waals surface area contributed by atoms with E-state index in [0.29, 0.717) is 5.92 Å². The highest BCUT2D eigenvalue weighted by atomic mass is 32.2. The van der Waals surface area contributed by atoms with Gasteiger partial charge in [0, 0.05) is 22.4 Å². The second-order valence-corrected chi connectivity index (χ2v) is 9.39. The molecule has 1 aliphatic carbocycles. The monoisotopic (exact) mass is 413 g/mol. The van der Waals surface area contributed by atoms with Crippen LogP contribution in [-0.4, -0.2) is 12.0 Å². The van der Waals surface area contributed by atoms with Crippen LogP contribution >= 0.6 is 11.8 Å². The van der Waals surface area contributed by atoms with Gasteiger partial charge in [-0.2, -0.15) is 0 Å². The molecule has 1 atom stereocenters. The van der Waals surface area contributed by atoms with E-state index in [2.05, 4.69) is 48.8 Å². The maximum absolute atomic E-state index is 12.7. The minimum atomic E-state index is -0.00438. The first kappa shape index (κ1) is 23.8. The van der Waals surface area contributed by atoms with Gasteiger partial charge in [0.25, 0.3) is 0 Å². The predicted octanol–water partition coefficient (Wildman–Crippen LogP) is 7.47. The molecule has 2 rings (SSSR count). The molecular formula is C26H39NOS. The molecule has 1 fully saturated rings. The number of thioether (sulfide) groups is 1. The van der Waals surface area contributed by atoms with Crippen LogP contribution in [0.2, 0.25) is 0 Å². The van der Waals surface area contributed by atoms with E-state index in [9.17, 15) is 4.79 Å². The molecule has 0 saturated heterocycles. The highest BCUT2D eigenvalue weighted by Crippen LogP contribution is 2.38. The maximum atomic E-state index is 12.7. The highest BCUT2D eigenvalue weighted by molar-refractivity contribution is 7.98. The summed E-state index contributed by atoms with van der Waals surface area (Å²) in [4.78, 5) is 14.0. The minimum absolute atomic E-state index is 0.00438. The summed E-state index contributed by atoms with van der Waals surface area (Å²) in [6.45, 7) is 8.11. The van der Waals surface area contributed by atoms with Gasteiger partial charge in [0.05, 0.1) is 5.70 Å². The van der Waals surface area contributed by atoms with Crippen LogP contribution in [0.25, 0.3) is 0 Å². The largest absolute Gasteiger partial charge is 0.356 e. The molecule has 0 amide bonds. The lowest BCUT2D eigenvalue weighted by Crippen LogP contribution is -2.27. The Balaban J connectivity index is 2.37. The van der Waals surface area contributed by atoms with Crippen LogP contribution in [0.5, 0.6) is 0 Å². The molecular weight excluding hydrogens is 374 g/mol. The van der Waals surface area contributed by atoms with E-state index < -0.39 is 0 Å². The highest BCUT2D eigenvalue weighted by Gasteiger charge is 2.26. The van der Waals surface area contributed by atoms with Crippen molar-refractivity contribution in [2.45, 2.75) is 83.5 Å². The summed E-state index contributed by atoms with van der Waals surface area (Å²) in [5.74, 6) is 1.28. The average molecular weight is 414 g/mol. The van der Waals surface area contributed by atoms with Crippen molar-refractivity contribution in [1.82, 2.24) is 5.32 Å². The van der Waals surface area contributed by atoms with Gasteiger partial charge in [-0.05, 0) is 49.6 Å². The van der Waals surface area contributed by atoms with Crippen LogP contribution in [0.3, 0.4) is 0 Å². The van der Waals surface area contributed by atoms with Crippen molar-refractivity contribution in [1.29, 1.82) is 0 Å². The van der Waals surface area contributed by atoms with Crippen molar-refractivity contribution >= 4 is 17.5 Å². The minimum Gasteiger partial charge on any atom is -0.356 e. The quantitative estimate of drug-likeness (QED) is 0.301. The summed E-state index contributed by atoms with van der Waals surface area (Å²) >= 11 is 1.78. The van der Waals surface area contributed by atoms with E-state index in [1.165, 1.54) is 41.8 Å². The number of hydrogen-bond acceptors (Lipinski definition) is 3. The second kappa shape index (κ2) is 12.3. The lowest BCUT2D eigenvalue weighted by molar-refractivity contribution is -0.118. The smallest absolute Gasteiger partial charge is 0.181 e. The molecule has 29 heavy (non-hydrogen) atoms. The van der Waals surface area contributed by atoms with E-state index in [-0.39, 0.29) is 11.7 Å². The molecule has 160 valence electrons. The average Bonchev–Trinajstić information content (AvgIpc) is 3.25. The number of nitrogens with one attached hydrogen (secondary N) is 1. The fourth-order valence-corrected chi connectivity index (χ4v) is 4.59. The first-order valence-corrected chi connectivity index (χ1v) is 12.5. The second-order valence-electron chi connectivity index (χ2n) is 8.51. The van der Waals surface area contributed by atoms with Crippen LogP contribution in [-0.2, 0) is 4.79 Å². The SMILES string of the molecule is C/C=C(\N/C(=C/CCC)C(CC1CCCC1)c1ccc(SC)cc1)C(=O)C(C)C. The van der Waals surface area contributed by atoms with Crippen molar-refractivity contribution in [3.63, 3.8) is 0 Å². The number of hydrogen-bond donors (Lipinski definition) is 1. The Labute approximate surface area is 182 Å². The van der Waals surface area contributed by atoms with Gasteiger partial charge < -0.3 is 5.32 Å². The van der Waals surface area contributed by atoms with Crippen LogP contribution < -0.4 is 5.32 Å². The van der Waals surface area contributed by atoms with Gasteiger partial charge in [-0.15, -0.1) is 11.8 Å². The molecule has 1 unspecified atom stereocenters. The van der Waals surface area contributed by atoms with E-state index in [4.69, 9.17) is 0 Å². The molecule has 1 aliphatic rings. The lowest BCUT2D eigenvalue weighted by atomic mass is 9.84. The maximum Gasteiger partial charge on any atom is 0.181 e. The molecule has 1 aromatic rings. The molecule has 0 bridgehead atoms. The summed E-state index contributed by atoms with van der Waals surface area (Å²) in [6.07, 6.45) is 15.1. The molecule has 3 heteroatoms. The summed E-state index contributed by atoms with van der Waals surface area (Å²) in [5, 5.41) is 3.59. The first-order chi connectivity index (χ1) is 14.0. The Kier molecular flexibility index (Phi) is 10.1. The topological polar surface area (TPSA) is 29.1 Å². The molecule has 0 heterocycles. The molecule has 0 radical (unpaired) electrons. The Morgan fingerprint density at radius 1 is 1.21 bits per heavy atom. The van der Waals surface area contributed by atoms with Crippen LogP contribution in [0, 0.1) is 11.8 Å². The molecule has 2 nitrogen and oxygen atoms in total. The summed E-state index contributed by atoms with van der Waals surface area (Å²) < 4.78 is 0. The van der Waals surface area contributed by atoms with Gasteiger partial charge in [0.15, 0.2) is 5.78 Å². The zero-order valence-corrected chi connectivity index (χ0v) is 19.8. The van der Waals surface area contributed by atoms with Crippen molar-refractivity contribution in [3.8, 4) is 0 Å². The van der Waals surface area contributed by atoms with Gasteiger partial charge >= 0.3 is 0 Å². The number of benzene rings is 1. The Morgan fingerprint density at radius 3 is 2.38 bits per heavy atom. The standard InChI is InChI=1S/C26H39NOS/c1-6-8-13-25(27-24(7-2)26(28)19(3)4)23(18-20-11-9-10-12-20)21-14-16-22(29-5)17-15-21/h7,13-17,19-20,23,27H,6,8-12,18H2,1-5H3/b24-7-,25-13+. The predicted molar refractivity (Wildman–Crippen MR) is 127 cm³/mol. The number of rotatable bonds is 11. The third-order valence-corrected chi connectivity index (χ3v) is 6.69. The van der Waals surface area contributed by atoms with Crippen molar-refractivity contribution < 1.29 is 4.79 Å². The molecule has 1 aromatic carbocycles. The van der Waals surface area contributed by atoms with E-state index in [1.54, 1.807) is 11.8 Å². The third kappa shape index (κ3) is 7.06. The number of carbonyl (C=O) groups is 1. The van der Waals surface area contributed by atoms with Crippen LogP contribution in [0.15, 0.2) is 52.7 Å². The number of unbranched alkanes of at least 4 members (excludes halogenated alkanes) is 1. The number of ketones is 1. The van der Waals surface area contributed by atoms with Gasteiger partial charge in [-0.3, -0.25) is 4.79 Å².